The molecule has 1 unspecified atom stereocenters. The molecule has 1 atom stereocenters. The van der Waals surface area contributed by atoms with Gasteiger partial charge in [0.05, 0.1) is 12.5 Å². The quantitative estimate of drug-likeness (QED) is 0.792. The molecule has 0 aromatic heterocycles. The zero-order chi connectivity index (χ0) is 11.4. The fourth-order valence-electron chi connectivity index (χ4n) is 1.27. The normalized spacial score (nSPS) is 12.8. The fraction of sp³-hybridized carbons (Fsp3) is 0.300. The molecule has 0 heterocycles. The maximum absolute atomic E-state index is 12.3. The number of rotatable bonds is 4. The summed E-state index contributed by atoms with van der Waals surface area (Å²) < 4.78 is 24.7. The highest BCUT2D eigenvalue weighted by Gasteiger charge is 2.18. The molecule has 0 aliphatic rings. The van der Waals surface area contributed by atoms with Gasteiger partial charge in [-0.15, -0.1) is 0 Å². The number of amides is 1. The van der Waals surface area contributed by atoms with Gasteiger partial charge in [-0.3, -0.25) is 4.79 Å². The highest BCUT2D eigenvalue weighted by Crippen LogP contribution is 2.23. The number of alkyl halides is 2. The summed E-state index contributed by atoms with van der Waals surface area (Å²) in [6, 6.07) is 5.32. The molecule has 3 N–H and O–H groups in total. The molecule has 1 aromatic carbocycles. The molecule has 1 aromatic rings. The Morgan fingerprint density at radius 3 is 2.47 bits per heavy atom. The Bertz CT molecular complexity index is 355. The first-order valence-electron chi connectivity index (χ1n) is 4.34. The lowest BCUT2D eigenvalue weighted by atomic mass is 9.97. The van der Waals surface area contributed by atoms with E-state index in [0.717, 1.165) is 0 Å². The molecule has 0 saturated carbocycles. The molecule has 0 saturated heterocycles. The Balaban J connectivity index is 3.03. The molecule has 3 nitrogen and oxygen atoms in total. The minimum absolute atomic E-state index is 0.188. The first-order chi connectivity index (χ1) is 7.06. The summed E-state index contributed by atoms with van der Waals surface area (Å²) >= 11 is 0. The highest BCUT2D eigenvalue weighted by molar-refractivity contribution is 5.82. The summed E-state index contributed by atoms with van der Waals surface area (Å²) in [5.41, 5.74) is 5.14. The molecule has 0 bridgehead atoms. The van der Waals surface area contributed by atoms with E-state index in [1.165, 1.54) is 24.3 Å². The van der Waals surface area contributed by atoms with E-state index in [1.807, 2.05) is 0 Å². The van der Waals surface area contributed by atoms with Crippen LogP contribution in [0.5, 0.6) is 0 Å². The standard InChI is InChI=1S/C10H11F2NO2/c11-9(12)7-3-1-2-6(4-7)8(5-14)10(13)15/h1-4,8-9,14H,5H2,(H2,13,15). The van der Waals surface area contributed by atoms with Crippen LogP contribution in [0.4, 0.5) is 8.78 Å². The van der Waals surface area contributed by atoms with Gasteiger partial charge >= 0.3 is 0 Å². The lowest BCUT2D eigenvalue weighted by molar-refractivity contribution is -0.120. The Morgan fingerprint density at radius 2 is 2.00 bits per heavy atom. The van der Waals surface area contributed by atoms with Crippen LogP contribution < -0.4 is 5.73 Å². The molecule has 0 radical (unpaired) electrons. The molecule has 0 aliphatic heterocycles. The number of aliphatic hydroxyl groups is 1. The second kappa shape index (κ2) is 4.84. The third kappa shape index (κ3) is 2.73. The summed E-state index contributed by atoms with van der Waals surface area (Å²) in [5.74, 6) is -1.66. The smallest absolute Gasteiger partial charge is 0.263 e. The molecule has 0 spiro atoms. The molecule has 15 heavy (non-hydrogen) atoms. The van der Waals surface area contributed by atoms with Gasteiger partial charge in [0.15, 0.2) is 0 Å². The topological polar surface area (TPSA) is 63.3 Å². The maximum atomic E-state index is 12.3. The number of hydrogen-bond acceptors (Lipinski definition) is 2. The van der Waals surface area contributed by atoms with Gasteiger partial charge in [-0.1, -0.05) is 18.2 Å². The Hall–Kier alpha value is -1.49. The average molecular weight is 215 g/mol. The van der Waals surface area contributed by atoms with E-state index in [1.54, 1.807) is 0 Å². The van der Waals surface area contributed by atoms with Crippen molar-refractivity contribution in [3.05, 3.63) is 35.4 Å². The van der Waals surface area contributed by atoms with Gasteiger partial charge in [-0.05, 0) is 11.6 Å². The van der Waals surface area contributed by atoms with Crippen molar-refractivity contribution in [2.45, 2.75) is 12.3 Å². The molecular weight excluding hydrogens is 204 g/mol. The fourth-order valence-corrected chi connectivity index (χ4v) is 1.27. The number of hydrogen-bond donors (Lipinski definition) is 2. The minimum Gasteiger partial charge on any atom is -0.395 e. The van der Waals surface area contributed by atoms with Crippen molar-refractivity contribution in [3.8, 4) is 0 Å². The van der Waals surface area contributed by atoms with Gasteiger partial charge in [0.25, 0.3) is 6.43 Å². The molecule has 0 aliphatic carbocycles. The third-order valence-corrected chi connectivity index (χ3v) is 2.09. The van der Waals surface area contributed by atoms with Crippen LogP contribution in [0.1, 0.15) is 23.5 Å². The second-order valence-electron chi connectivity index (χ2n) is 3.11. The van der Waals surface area contributed by atoms with E-state index in [4.69, 9.17) is 10.8 Å². The maximum Gasteiger partial charge on any atom is 0.263 e. The van der Waals surface area contributed by atoms with E-state index < -0.39 is 24.9 Å². The van der Waals surface area contributed by atoms with Crippen molar-refractivity contribution in [2.24, 2.45) is 5.73 Å². The number of benzene rings is 1. The lowest BCUT2D eigenvalue weighted by Gasteiger charge is -2.11. The van der Waals surface area contributed by atoms with Crippen LogP contribution >= 0.6 is 0 Å². The molecule has 1 rings (SSSR count). The van der Waals surface area contributed by atoms with Crippen LogP contribution in [0, 0.1) is 0 Å². The van der Waals surface area contributed by atoms with Crippen LogP contribution in [-0.4, -0.2) is 17.6 Å². The van der Waals surface area contributed by atoms with Gasteiger partial charge in [-0.25, -0.2) is 8.78 Å². The Morgan fingerprint density at radius 1 is 1.40 bits per heavy atom. The van der Waals surface area contributed by atoms with Gasteiger partial charge in [-0.2, -0.15) is 0 Å². The lowest BCUT2D eigenvalue weighted by Crippen LogP contribution is -2.24. The summed E-state index contributed by atoms with van der Waals surface area (Å²) in [7, 11) is 0. The van der Waals surface area contributed by atoms with E-state index in [9.17, 15) is 13.6 Å². The minimum atomic E-state index is -2.60. The van der Waals surface area contributed by atoms with E-state index in [-0.39, 0.29) is 5.56 Å². The molecule has 82 valence electrons. The van der Waals surface area contributed by atoms with Crippen molar-refractivity contribution in [2.75, 3.05) is 6.61 Å². The number of aliphatic hydroxyl groups excluding tert-OH is 1. The zero-order valence-corrected chi connectivity index (χ0v) is 7.86. The summed E-state index contributed by atoms with van der Waals surface area (Å²) in [6.45, 7) is -0.484. The van der Waals surface area contributed by atoms with Crippen molar-refractivity contribution in [1.29, 1.82) is 0 Å². The molecule has 1 amide bonds. The number of primary amides is 1. The SMILES string of the molecule is NC(=O)C(CO)c1cccc(C(F)F)c1. The van der Waals surface area contributed by atoms with Crippen LogP contribution in [0.2, 0.25) is 0 Å². The van der Waals surface area contributed by atoms with Gasteiger partial charge < -0.3 is 10.8 Å². The second-order valence-corrected chi connectivity index (χ2v) is 3.11. The highest BCUT2D eigenvalue weighted by atomic mass is 19.3. The third-order valence-electron chi connectivity index (χ3n) is 2.09. The van der Waals surface area contributed by atoms with Gasteiger partial charge in [0, 0.05) is 5.56 Å². The first kappa shape index (κ1) is 11.6. The summed E-state index contributed by atoms with van der Waals surface area (Å²) in [6.07, 6.45) is -2.60. The van der Waals surface area contributed by atoms with E-state index in [0.29, 0.717) is 5.56 Å². The first-order valence-corrected chi connectivity index (χ1v) is 4.34. The largest absolute Gasteiger partial charge is 0.395 e. The zero-order valence-electron chi connectivity index (χ0n) is 7.86. The predicted molar refractivity (Wildman–Crippen MR) is 50.4 cm³/mol. The predicted octanol–water partition coefficient (Wildman–Crippen LogP) is 1.19. The van der Waals surface area contributed by atoms with Crippen molar-refractivity contribution >= 4 is 5.91 Å². The van der Waals surface area contributed by atoms with Gasteiger partial charge in [0.2, 0.25) is 5.91 Å². The van der Waals surface area contributed by atoms with Crippen LogP contribution in [0.3, 0.4) is 0 Å². The van der Waals surface area contributed by atoms with Crippen LogP contribution in [0.15, 0.2) is 24.3 Å². The van der Waals surface area contributed by atoms with Crippen molar-refractivity contribution in [1.82, 2.24) is 0 Å². The Labute approximate surface area is 85.5 Å². The van der Waals surface area contributed by atoms with E-state index >= 15 is 0 Å². The van der Waals surface area contributed by atoms with Gasteiger partial charge in [0.1, 0.15) is 0 Å². The average Bonchev–Trinajstić information content (AvgIpc) is 2.18. The molecule has 5 heteroatoms. The number of nitrogens with two attached hydrogens (primary N) is 1. The van der Waals surface area contributed by atoms with E-state index in [2.05, 4.69) is 0 Å². The number of carbonyl (C=O) groups is 1. The van der Waals surface area contributed by atoms with Crippen LogP contribution in [0.25, 0.3) is 0 Å². The monoisotopic (exact) mass is 215 g/mol. The Kier molecular flexibility index (Phi) is 3.74. The van der Waals surface area contributed by atoms with Crippen molar-refractivity contribution in [3.63, 3.8) is 0 Å². The number of carbonyl (C=O) groups excluding carboxylic acids is 1. The summed E-state index contributed by atoms with van der Waals surface area (Å²) in [4.78, 5) is 10.9. The molecule has 0 fully saturated rings. The number of halogens is 2. The summed E-state index contributed by atoms with van der Waals surface area (Å²) in [5, 5.41) is 8.89. The van der Waals surface area contributed by atoms with Crippen molar-refractivity contribution < 1.29 is 18.7 Å². The molecular formula is C10H11F2NO2. The van der Waals surface area contributed by atoms with Crippen LogP contribution in [-0.2, 0) is 4.79 Å².